The molecular formula is C51H41NSi. The van der Waals surface area contributed by atoms with Crippen molar-refractivity contribution in [1.29, 1.82) is 0 Å². The highest BCUT2D eigenvalue weighted by atomic mass is 28.3. The van der Waals surface area contributed by atoms with Crippen molar-refractivity contribution in [2.24, 2.45) is 5.92 Å². The zero-order valence-electron chi connectivity index (χ0n) is 30.2. The first kappa shape index (κ1) is 31.7. The van der Waals surface area contributed by atoms with E-state index in [4.69, 9.17) is 0 Å². The lowest BCUT2D eigenvalue weighted by atomic mass is 9.74. The average molecular weight is 696 g/mol. The number of hydrogen-bond acceptors (Lipinski definition) is 0. The van der Waals surface area contributed by atoms with Gasteiger partial charge in [0.25, 0.3) is 0 Å². The van der Waals surface area contributed by atoms with Crippen molar-refractivity contribution in [2.75, 3.05) is 0 Å². The third kappa shape index (κ3) is 4.82. The molecule has 2 unspecified atom stereocenters. The maximum Gasteiger partial charge on any atom is 0.179 e. The van der Waals surface area contributed by atoms with Crippen LogP contribution in [-0.2, 0) is 5.41 Å². The zero-order chi connectivity index (χ0) is 35.6. The molecule has 0 amide bonds. The summed E-state index contributed by atoms with van der Waals surface area (Å²) in [7, 11) is -2.86. The number of para-hydroxylation sites is 2. The maximum atomic E-state index is 2.52. The molecule has 2 heteroatoms. The number of nitrogens with zero attached hydrogens (tertiary/aromatic N) is 1. The van der Waals surface area contributed by atoms with Gasteiger partial charge in [-0.15, -0.1) is 0 Å². The van der Waals surface area contributed by atoms with Crippen LogP contribution in [0.3, 0.4) is 0 Å². The van der Waals surface area contributed by atoms with Crippen LogP contribution in [0.4, 0.5) is 0 Å². The van der Waals surface area contributed by atoms with Gasteiger partial charge in [0.1, 0.15) is 0 Å². The van der Waals surface area contributed by atoms with Crippen LogP contribution in [0.1, 0.15) is 30.9 Å². The van der Waals surface area contributed by atoms with E-state index in [1.54, 1.807) is 0 Å². The Morgan fingerprint density at radius 1 is 0.472 bits per heavy atom. The van der Waals surface area contributed by atoms with Crippen LogP contribution in [0.15, 0.2) is 200 Å². The Balaban J connectivity index is 1.24. The van der Waals surface area contributed by atoms with Crippen molar-refractivity contribution in [3.05, 3.63) is 211 Å². The lowest BCUT2D eigenvalue weighted by Gasteiger charge is -2.35. The van der Waals surface area contributed by atoms with Crippen molar-refractivity contribution < 1.29 is 0 Å². The Labute approximate surface area is 313 Å². The molecule has 0 fully saturated rings. The highest BCUT2D eigenvalue weighted by Crippen LogP contribution is 2.53. The molecule has 0 bridgehead atoms. The van der Waals surface area contributed by atoms with Gasteiger partial charge in [-0.05, 0) is 78.6 Å². The minimum Gasteiger partial charge on any atom is -0.309 e. The van der Waals surface area contributed by atoms with Gasteiger partial charge in [-0.2, -0.15) is 0 Å². The largest absolute Gasteiger partial charge is 0.309 e. The third-order valence-corrected chi connectivity index (χ3v) is 17.0. The van der Waals surface area contributed by atoms with Gasteiger partial charge in [-0.1, -0.05) is 190 Å². The summed E-state index contributed by atoms with van der Waals surface area (Å²) in [5, 5.41) is 8.06. The van der Waals surface area contributed by atoms with E-state index in [2.05, 4.69) is 219 Å². The van der Waals surface area contributed by atoms with E-state index in [9.17, 15) is 0 Å². The molecule has 0 N–H and O–H groups in total. The van der Waals surface area contributed by atoms with Crippen LogP contribution < -0.4 is 20.7 Å². The fraction of sp³-hybridized carbons (Fsp3) is 0.0980. The zero-order valence-corrected chi connectivity index (χ0v) is 31.2. The summed E-state index contributed by atoms with van der Waals surface area (Å²) in [6.07, 6.45) is 9.26. The first-order chi connectivity index (χ1) is 26.0. The summed E-state index contributed by atoms with van der Waals surface area (Å²) < 4.78 is 2.45. The van der Waals surface area contributed by atoms with E-state index < -0.39 is 8.07 Å². The molecule has 0 spiro atoms. The normalized spacial score (nSPS) is 17.2. The predicted molar refractivity (Wildman–Crippen MR) is 227 cm³/mol. The molecule has 0 aliphatic heterocycles. The minimum absolute atomic E-state index is 0.0636. The summed E-state index contributed by atoms with van der Waals surface area (Å²) in [6, 6.07) is 66.4. The first-order valence-corrected chi connectivity index (χ1v) is 20.9. The molecule has 2 aliphatic rings. The Bertz CT molecular complexity index is 2660. The summed E-state index contributed by atoms with van der Waals surface area (Å²) in [4.78, 5) is 0. The second-order valence-electron chi connectivity index (χ2n) is 15.3. The molecular weight excluding hydrogens is 655 g/mol. The highest BCUT2D eigenvalue weighted by molar-refractivity contribution is 7.20. The molecule has 8 aromatic rings. The van der Waals surface area contributed by atoms with Gasteiger partial charge in [-0.25, -0.2) is 0 Å². The summed E-state index contributed by atoms with van der Waals surface area (Å²) >= 11 is 0. The predicted octanol–water partition coefficient (Wildman–Crippen LogP) is 9.95. The fourth-order valence-electron chi connectivity index (χ4n) is 9.73. The van der Waals surface area contributed by atoms with Gasteiger partial charge >= 0.3 is 0 Å². The first-order valence-electron chi connectivity index (χ1n) is 18.9. The Morgan fingerprint density at radius 2 is 1.08 bits per heavy atom. The van der Waals surface area contributed by atoms with Crippen molar-refractivity contribution in [3.63, 3.8) is 0 Å². The van der Waals surface area contributed by atoms with Crippen LogP contribution in [0.2, 0.25) is 0 Å². The fourth-order valence-corrected chi connectivity index (χ4v) is 14.5. The van der Waals surface area contributed by atoms with Crippen LogP contribution in [0, 0.1) is 5.92 Å². The maximum absolute atomic E-state index is 2.86. The van der Waals surface area contributed by atoms with Crippen LogP contribution in [0.5, 0.6) is 0 Å². The van der Waals surface area contributed by atoms with Crippen LogP contribution in [-0.4, -0.2) is 12.6 Å². The van der Waals surface area contributed by atoms with Crippen LogP contribution >= 0.6 is 0 Å². The molecule has 10 rings (SSSR count). The minimum atomic E-state index is -2.86. The van der Waals surface area contributed by atoms with E-state index in [-0.39, 0.29) is 5.41 Å². The third-order valence-electron chi connectivity index (χ3n) is 12.2. The molecule has 254 valence electrons. The van der Waals surface area contributed by atoms with Crippen molar-refractivity contribution >= 4 is 50.6 Å². The van der Waals surface area contributed by atoms with Gasteiger partial charge in [0.05, 0.1) is 11.0 Å². The quantitative estimate of drug-likeness (QED) is 0.121. The van der Waals surface area contributed by atoms with E-state index in [0.717, 1.165) is 0 Å². The lowest BCUT2D eigenvalue weighted by Crippen LogP contribution is -2.74. The van der Waals surface area contributed by atoms with E-state index in [0.29, 0.717) is 11.8 Å². The molecule has 7 aromatic carbocycles. The van der Waals surface area contributed by atoms with E-state index >= 15 is 0 Å². The van der Waals surface area contributed by atoms with Gasteiger partial charge in [0, 0.05) is 22.4 Å². The van der Waals surface area contributed by atoms with E-state index in [1.165, 1.54) is 70.5 Å². The lowest BCUT2D eigenvalue weighted by molar-refractivity contribution is 0.394. The smallest absolute Gasteiger partial charge is 0.179 e. The topological polar surface area (TPSA) is 4.93 Å². The Hall–Kier alpha value is -5.96. The van der Waals surface area contributed by atoms with Gasteiger partial charge in [0.2, 0.25) is 0 Å². The molecule has 2 aliphatic carbocycles. The summed E-state index contributed by atoms with van der Waals surface area (Å²) in [5.74, 6) is 0.935. The summed E-state index contributed by atoms with van der Waals surface area (Å²) in [6.45, 7) is 4.85. The molecule has 0 saturated carbocycles. The van der Waals surface area contributed by atoms with Gasteiger partial charge in [0.15, 0.2) is 8.07 Å². The monoisotopic (exact) mass is 695 g/mol. The molecule has 1 aromatic heterocycles. The molecule has 1 nitrogen and oxygen atoms in total. The Kier molecular flexibility index (Phi) is 7.38. The standard InChI is InChI=1S/C51H41NSi/c1-51(2)47-27-14-12-25-43(47)44-31-29-37(34-48(44)51)36-17-16-24-41(33-36)53(39-20-8-4-9-21-39,40-22-10-5-11-23-40)42-30-32-46-45-26-13-15-28-49(45)52(50(46)35-42)38-18-6-3-7-19-38/h3-35,43,47H,1-2H3. The van der Waals surface area contributed by atoms with Crippen LogP contribution in [0.25, 0.3) is 38.6 Å². The Morgan fingerprint density at radius 3 is 1.83 bits per heavy atom. The van der Waals surface area contributed by atoms with Gasteiger partial charge in [-0.3, -0.25) is 0 Å². The second-order valence-corrected chi connectivity index (χ2v) is 19.1. The van der Waals surface area contributed by atoms with Crippen molar-refractivity contribution in [1.82, 2.24) is 4.57 Å². The number of hydrogen-bond donors (Lipinski definition) is 0. The van der Waals surface area contributed by atoms with Gasteiger partial charge < -0.3 is 4.57 Å². The number of fused-ring (bicyclic) bond motifs is 6. The van der Waals surface area contributed by atoms with E-state index in [1.807, 2.05) is 0 Å². The molecule has 0 saturated heterocycles. The molecule has 2 atom stereocenters. The molecule has 53 heavy (non-hydrogen) atoms. The summed E-state index contributed by atoms with van der Waals surface area (Å²) in [5.41, 5.74) is 9.20. The number of aromatic nitrogens is 1. The number of allylic oxidation sites excluding steroid dienone is 4. The molecule has 0 radical (unpaired) electrons. The second kappa shape index (κ2) is 12.3. The molecule has 1 heterocycles. The van der Waals surface area contributed by atoms with Crippen molar-refractivity contribution in [3.8, 4) is 16.8 Å². The van der Waals surface area contributed by atoms with Crippen molar-refractivity contribution in [2.45, 2.75) is 25.2 Å². The number of rotatable bonds is 6. The highest BCUT2D eigenvalue weighted by Gasteiger charge is 2.45. The SMILES string of the molecule is CC1(C)c2cc(-c3cccc([Si](c4ccccc4)(c4ccccc4)c4ccc5c6ccccc6n(-c6ccccc6)c5c4)c3)ccc2C2C=CC=CC21. The number of benzene rings is 7. The average Bonchev–Trinajstić information content (AvgIpc) is 3.67.